The molecule has 0 unspecified atom stereocenters. The number of benzene rings is 1. The van der Waals surface area contributed by atoms with Crippen molar-refractivity contribution >= 4 is 29.4 Å². The van der Waals surface area contributed by atoms with E-state index >= 15 is 0 Å². The van der Waals surface area contributed by atoms with Gasteiger partial charge in [-0.1, -0.05) is 19.4 Å². The van der Waals surface area contributed by atoms with Crippen LogP contribution in [-0.2, 0) is 16.0 Å². The van der Waals surface area contributed by atoms with Gasteiger partial charge in [-0.05, 0) is 75.8 Å². The molecule has 5 amide bonds. The molecule has 1 aliphatic carbocycles. The highest BCUT2D eigenvalue weighted by atomic mass is 16.5. The van der Waals surface area contributed by atoms with Crippen LogP contribution in [0.2, 0.25) is 0 Å². The number of hydrogen-bond acceptors (Lipinski definition) is 6. The van der Waals surface area contributed by atoms with Gasteiger partial charge in [-0.2, -0.15) is 0 Å². The van der Waals surface area contributed by atoms with Gasteiger partial charge in [0.2, 0.25) is 0 Å². The predicted molar refractivity (Wildman–Crippen MR) is 143 cm³/mol. The minimum Gasteiger partial charge on any atom is -0.398 e. The number of aryl methyl sites for hydroxylation is 1. The van der Waals surface area contributed by atoms with Crippen molar-refractivity contribution in [2.24, 2.45) is 11.8 Å². The zero-order valence-corrected chi connectivity index (χ0v) is 22.8. The van der Waals surface area contributed by atoms with Crippen LogP contribution in [-0.4, -0.2) is 76.8 Å². The largest absolute Gasteiger partial charge is 0.398 e. The van der Waals surface area contributed by atoms with E-state index in [1.807, 2.05) is 13.0 Å². The Morgan fingerprint density at radius 3 is 2.37 bits per heavy atom. The van der Waals surface area contributed by atoms with Gasteiger partial charge in [0.05, 0.1) is 17.7 Å². The van der Waals surface area contributed by atoms with Crippen molar-refractivity contribution in [3.8, 4) is 0 Å². The average Bonchev–Trinajstić information content (AvgIpc) is 3.55. The first-order valence-corrected chi connectivity index (χ1v) is 14.1. The monoisotopic (exact) mass is 524 g/mol. The molecule has 1 aromatic carbocycles. The number of nitrogens with zero attached hydrogens (tertiary/aromatic N) is 3. The van der Waals surface area contributed by atoms with Gasteiger partial charge < -0.3 is 15.4 Å². The lowest BCUT2D eigenvalue weighted by Gasteiger charge is -2.39. The number of carbonyl (C=O) groups is 4. The van der Waals surface area contributed by atoms with Crippen molar-refractivity contribution in [1.29, 1.82) is 0 Å². The summed E-state index contributed by atoms with van der Waals surface area (Å²) in [5, 5.41) is 0. The van der Waals surface area contributed by atoms with Crippen LogP contribution in [0.4, 0.5) is 10.5 Å². The van der Waals surface area contributed by atoms with Crippen molar-refractivity contribution in [3.05, 3.63) is 28.8 Å². The number of nitrogens with two attached hydrogens (primary N) is 1. The lowest BCUT2D eigenvalue weighted by molar-refractivity contribution is -0.132. The van der Waals surface area contributed by atoms with E-state index in [9.17, 15) is 19.2 Å². The molecule has 1 aromatic rings. The fourth-order valence-electron chi connectivity index (χ4n) is 6.96. The van der Waals surface area contributed by atoms with Crippen LogP contribution < -0.4 is 5.73 Å². The van der Waals surface area contributed by atoms with Gasteiger partial charge in [0, 0.05) is 37.8 Å². The Hall–Kier alpha value is -2.94. The van der Waals surface area contributed by atoms with Crippen LogP contribution in [0, 0.1) is 11.8 Å². The van der Waals surface area contributed by atoms with E-state index in [0.717, 1.165) is 44.1 Å². The number of nitrogen functional groups attached to an aromatic ring is 1. The lowest BCUT2D eigenvalue weighted by Crippen LogP contribution is -2.51. The number of imide groups is 2. The van der Waals surface area contributed by atoms with E-state index in [-0.39, 0.29) is 41.6 Å². The highest BCUT2D eigenvalue weighted by molar-refractivity contribution is 6.24. The Balaban J connectivity index is 1.27. The highest BCUT2D eigenvalue weighted by Crippen LogP contribution is 2.41. The molecule has 206 valence electrons. The third-order valence-electron chi connectivity index (χ3n) is 9.20. The molecule has 5 rings (SSSR count). The average molecular weight is 525 g/mol. The van der Waals surface area contributed by atoms with E-state index in [1.165, 1.54) is 9.80 Å². The number of rotatable bonds is 8. The Morgan fingerprint density at radius 2 is 1.71 bits per heavy atom. The number of hydrogen-bond donors (Lipinski definition) is 1. The Morgan fingerprint density at radius 1 is 1.00 bits per heavy atom. The quantitative estimate of drug-likeness (QED) is 0.314. The van der Waals surface area contributed by atoms with Gasteiger partial charge in [0.1, 0.15) is 5.54 Å². The zero-order chi connectivity index (χ0) is 27.2. The van der Waals surface area contributed by atoms with Crippen LogP contribution >= 0.6 is 0 Å². The molecular formula is C29H40N4O5. The van der Waals surface area contributed by atoms with Crippen LogP contribution in [0.15, 0.2) is 12.1 Å². The van der Waals surface area contributed by atoms with Crippen molar-refractivity contribution < 1.29 is 23.9 Å². The summed E-state index contributed by atoms with van der Waals surface area (Å²) in [5.41, 5.74) is 7.41. The molecule has 3 heterocycles. The number of urea groups is 1. The van der Waals surface area contributed by atoms with Crippen LogP contribution in [0.3, 0.4) is 0 Å². The number of fused-ring (bicyclic) bond motifs is 1. The molecule has 0 aromatic heterocycles. The summed E-state index contributed by atoms with van der Waals surface area (Å²) in [4.78, 5) is 57.6. The molecule has 0 spiro atoms. The molecule has 9 nitrogen and oxygen atoms in total. The molecule has 1 saturated carbocycles. The van der Waals surface area contributed by atoms with E-state index in [2.05, 4.69) is 6.92 Å². The molecule has 3 aliphatic heterocycles. The molecule has 0 bridgehead atoms. The first-order valence-electron chi connectivity index (χ1n) is 14.1. The third kappa shape index (κ3) is 4.38. The minimum absolute atomic E-state index is 0.154. The number of ether oxygens (including phenoxy) is 1. The van der Waals surface area contributed by atoms with Gasteiger partial charge in [-0.25, -0.2) is 4.79 Å². The number of unbranched alkanes of at least 4 members (excludes halogenated alkanes) is 1. The normalized spacial score (nSPS) is 29.7. The Labute approximate surface area is 224 Å². The summed E-state index contributed by atoms with van der Waals surface area (Å²) >= 11 is 0. The lowest BCUT2D eigenvalue weighted by atomic mass is 9.77. The maximum atomic E-state index is 13.5. The van der Waals surface area contributed by atoms with Gasteiger partial charge >= 0.3 is 6.03 Å². The number of carbonyl (C=O) groups excluding carboxylic acids is 4. The molecule has 2 saturated heterocycles. The topological polar surface area (TPSA) is 113 Å². The highest BCUT2D eigenvalue weighted by Gasteiger charge is 2.54. The zero-order valence-electron chi connectivity index (χ0n) is 22.8. The second-order valence-corrected chi connectivity index (χ2v) is 11.8. The molecule has 0 radical (unpaired) electrons. The SMILES string of the molecule is CCCCc1ccc(N)c2c1C(=O)N(C1CCC(C[C@]3(C)C(=O)N(C)C(=O)N3C[C@H]3CCOC3)CC1)C2=O. The van der Waals surface area contributed by atoms with Crippen molar-refractivity contribution in [2.75, 3.05) is 32.5 Å². The van der Waals surface area contributed by atoms with E-state index < -0.39 is 5.54 Å². The molecule has 2 atom stereocenters. The molecular weight excluding hydrogens is 484 g/mol. The first kappa shape index (κ1) is 26.7. The summed E-state index contributed by atoms with van der Waals surface area (Å²) in [6.45, 7) is 5.83. The van der Waals surface area contributed by atoms with Crippen molar-refractivity contribution in [2.45, 2.75) is 83.2 Å². The maximum absolute atomic E-state index is 13.5. The van der Waals surface area contributed by atoms with Crippen molar-refractivity contribution in [3.63, 3.8) is 0 Å². The van der Waals surface area contributed by atoms with Crippen LogP contribution in [0.5, 0.6) is 0 Å². The summed E-state index contributed by atoms with van der Waals surface area (Å²) < 4.78 is 5.51. The maximum Gasteiger partial charge on any atom is 0.327 e. The minimum atomic E-state index is -0.885. The fraction of sp³-hybridized carbons (Fsp3) is 0.655. The fourth-order valence-corrected chi connectivity index (χ4v) is 6.96. The van der Waals surface area contributed by atoms with Crippen molar-refractivity contribution in [1.82, 2.24) is 14.7 Å². The summed E-state index contributed by atoms with van der Waals surface area (Å²) in [6, 6.07) is 3.22. The smallest absolute Gasteiger partial charge is 0.327 e. The number of amides is 5. The number of anilines is 1. The molecule has 38 heavy (non-hydrogen) atoms. The predicted octanol–water partition coefficient (Wildman–Crippen LogP) is 3.85. The van der Waals surface area contributed by atoms with E-state index in [1.54, 1.807) is 18.0 Å². The van der Waals surface area contributed by atoms with Gasteiger partial charge in [0.15, 0.2) is 0 Å². The second-order valence-electron chi connectivity index (χ2n) is 11.8. The Kier molecular flexibility index (Phi) is 7.24. The first-order chi connectivity index (χ1) is 18.2. The molecule has 2 N–H and O–H groups in total. The molecule has 9 heteroatoms. The standard InChI is InChI=1S/C29H40N4O5/c1-4-5-6-20-9-12-22(30)24-23(20)25(34)33(26(24)35)21-10-7-18(8-11-21)15-29(2)27(36)31(3)28(37)32(29)16-19-13-14-38-17-19/h9,12,18-19,21H,4-8,10-11,13-17,30H2,1-3H3/t18?,19-,21?,29-/m1/s1. The summed E-state index contributed by atoms with van der Waals surface area (Å²) in [5.74, 6) is -0.181. The van der Waals surface area contributed by atoms with Gasteiger partial charge in [0.25, 0.3) is 17.7 Å². The third-order valence-corrected chi connectivity index (χ3v) is 9.20. The van der Waals surface area contributed by atoms with Gasteiger partial charge in [-0.3, -0.25) is 24.2 Å². The second kappa shape index (κ2) is 10.3. The number of likely N-dealkylation sites (N-methyl/N-ethyl adjacent to an activating group) is 1. The van der Waals surface area contributed by atoms with Crippen LogP contribution in [0.25, 0.3) is 0 Å². The summed E-state index contributed by atoms with van der Waals surface area (Å²) in [6.07, 6.45) is 7.13. The molecule has 3 fully saturated rings. The molecule has 4 aliphatic rings. The van der Waals surface area contributed by atoms with E-state index in [0.29, 0.717) is 55.8 Å². The van der Waals surface area contributed by atoms with Gasteiger partial charge in [-0.15, -0.1) is 0 Å². The van der Waals surface area contributed by atoms with E-state index in [4.69, 9.17) is 10.5 Å². The Bertz CT molecular complexity index is 1140. The van der Waals surface area contributed by atoms with Crippen LogP contribution in [0.1, 0.15) is 91.5 Å². The summed E-state index contributed by atoms with van der Waals surface area (Å²) in [7, 11) is 1.56.